The van der Waals surface area contributed by atoms with E-state index in [-0.39, 0.29) is 5.75 Å². The number of pyridine rings is 1. The maximum atomic E-state index is 10.3. The van der Waals surface area contributed by atoms with Gasteiger partial charge in [-0.3, -0.25) is 4.79 Å². The molecule has 1 N–H and O–H groups in total. The molecule has 16 heavy (non-hydrogen) atoms. The number of halogens is 1. The van der Waals surface area contributed by atoms with Crippen molar-refractivity contribution < 1.29 is 9.90 Å². The van der Waals surface area contributed by atoms with E-state index in [1.807, 2.05) is 16.8 Å². The summed E-state index contributed by atoms with van der Waals surface area (Å²) in [5.74, 6) is -0.128. The first-order chi connectivity index (χ1) is 7.65. The number of fused-ring (bicyclic) bond motifs is 1. The van der Waals surface area contributed by atoms with Crippen LogP contribution in [0.4, 0.5) is 0 Å². The van der Waals surface area contributed by atoms with E-state index < -0.39 is 5.97 Å². The number of hydrogen-bond donors (Lipinski definition) is 1. The molecule has 84 valence electrons. The third-order valence-electron chi connectivity index (χ3n) is 1.95. The molecule has 2 rings (SSSR count). The van der Waals surface area contributed by atoms with Gasteiger partial charge in [-0.1, -0.05) is 11.6 Å². The zero-order valence-corrected chi connectivity index (χ0v) is 9.83. The van der Waals surface area contributed by atoms with E-state index in [0.29, 0.717) is 10.8 Å². The van der Waals surface area contributed by atoms with E-state index in [1.54, 1.807) is 12.1 Å². The highest BCUT2D eigenvalue weighted by molar-refractivity contribution is 7.99. The van der Waals surface area contributed by atoms with Gasteiger partial charge in [-0.05, 0) is 12.1 Å². The van der Waals surface area contributed by atoms with Crippen molar-refractivity contribution >= 4 is 35.0 Å². The number of imidazole rings is 1. The molecular weight excluding hydrogens is 248 g/mol. The van der Waals surface area contributed by atoms with Crippen LogP contribution < -0.4 is 0 Å². The van der Waals surface area contributed by atoms with Crippen molar-refractivity contribution in [3.8, 4) is 0 Å². The summed E-state index contributed by atoms with van der Waals surface area (Å²) >= 11 is 7.16. The van der Waals surface area contributed by atoms with Crippen molar-refractivity contribution in [3.63, 3.8) is 0 Å². The minimum absolute atomic E-state index is 0.0919. The summed E-state index contributed by atoms with van der Waals surface area (Å²) in [6.45, 7) is 0. The van der Waals surface area contributed by atoms with Gasteiger partial charge in [0.25, 0.3) is 0 Å². The van der Waals surface area contributed by atoms with Crippen LogP contribution in [0.2, 0.25) is 5.02 Å². The highest BCUT2D eigenvalue weighted by atomic mass is 35.5. The lowest BCUT2D eigenvalue weighted by Gasteiger charge is -1.92. The number of carboxylic acid groups (broad SMARTS) is 1. The Morgan fingerprint density at radius 2 is 2.44 bits per heavy atom. The fraction of sp³-hybridized carbons (Fsp3) is 0.200. The second-order valence-corrected chi connectivity index (χ2v) is 4.65. The Kier molecular flexibility index (Phi) is 3.36. The van der Waals surface area contributed by atoms with E-state index in [4.69, 9.17) is 16.7 Å². The number of hydrogen-bond acceptors (Lipinski definition) is 3. The van der Waals surface area contributed by atoms with Crippen LogP contribution >= 0.6 is 23.4 Å². The standard InChI is InChI=1S/C10H9ClN2O2S/c11-7-1-2-13-4-8(12-9(13)3-7)5-16-6-10(14)15/h1-4H,5-6H2,(H,14,15). The molecule has 0 amide bonds. The van der Waals surface area contributed by atoms with Crippen LogP contribution in [-0.4, -0.2) is 26.2 Å². The fourth-order valence-corrected chi connectivity index (χ4v) is 2.10. The Bertz CT molecular complexity index is 527. The Morgan fingerprint density at radius 1 is 1.62 bits per heavy atom. The average molecular weight is 257 g/mol. The molecule has 0 saturated carbocycles. The van der Waals surface area contributed by atoms with Crippen LogP contribution in [-0.2, 0) is 10.5 Å². The number of carbonyl (C=O) groups is 1. The maximum Gasteiger partial charge on any atom is 0.313 e. The van der Waals surface area contributed by atoms with E-state index in [0.717, 1.165) is 11.3 Å². The molecule has 0 bridgehead atoms. The number of thioether (sulfide) groups is 1. The van der Waals surface area contributed by atoms with Gasteiger partial charge < -0.3 is 9.51 Å². The second-order valence-electron chi connectivity index (χ2n) is 3.23. The molecule has 0 atom stereocenters. The van der Waals surface area contributed by atoms with Gasteiger partial charge in [-0.2, -0.15) is 0 Å². The molecule has 0 aliphatic rings. The molecule has 0 spiro atoms. The Balaban J connectivity index is 2.10. The third kappa shape index (κ3) is 2.68. The third-order valence-corrected chi connectivity index (χ3v) is 3.13. The van der Waals surface area contributed by atoms with E-state index in [9.17, 15) is 4.79 Å². The minimum Gasteiger partial charge on any atom is -0.481 e. The topological polar surface area (TPSA) is 54.6 Å². The Hall–Kier alpha value is -1.20. The van der Waals surface area contributed by atoms with Crippen molar-refractivity contribution in [2.24, 2.45) is 0 Å². The zero-order valence-electron chi connectivity index (χ0n) is 8.26. The summed E-state index contributed by atoms with van der Waals surface area (Å²) in [4.78, 5) is 14.7. The van der Waals surface area contributed by atoms with Crippen LogP contribution in [0.25, 0.3) is 5.65 Å². The number of aromatic nitrogens is 2. The average Bonchev–Trinajstić information content (AvgIpc) is 2.58. The quantitative estimate of drug-likeness (QED) is 0.912. The van der Waals surface area contributed by atoms with Crippen LogP contribution in [0.5, 0.6) is 0 Å². The maximum absolute atomic E-state index is 10.3. The van der Waals surface area contributed by atoms with E-state index >= 15 is 0 Å². The van der Waals surface area contributed by atoms with Gasteiger partial charge in [0.1, 0.15) is 5.65 Å². The summed E-state index contributed by atoms with van der Waals surface area (Å²) < 4.78 is 1.86. The molecule has 2 aromatic heterocycles. The van der Waals surface area contributed by atoms with Crippen molar-refractivity contribution in [1.82, 2.24) is 9.38 Å². The predicted molar refractivity (Wildman–Crippen MR) is 64.0 cm³/mol. The second kappa shape index (κ2) is 4.76. The lowest BCUT2D eigenvalue weighted by atomic mass is 10.5. The molecule has 4 nitrogen and oxygen atoms in total. The summed E-state index contributed by atoms with van der Waals surface area (Å²) in [5, 5.41) is 9.15. The molecule has 0 aliphatic carbocycles. The van der Waals surface area contributed by atoms with E-state index in [2.05, 4.69) is 4.98 Å². The summed E-state index contributed by atoms with van der Waals surface area (Å²) in [5.41, 5.74) is 1.63. The number of aliphatic carboxylic acids is 1. The van der Waals surface area contributed by atoms with Gasteiger partial charge in [0.2, 0.25) is 0 Å². The van der Waals surface area contributed by atoms with Crippen LogP contribution in [0.15, 0.2) is 24.5 Å². The Morgan fingerprint density at radius 3 is 3.19 bits per heavy atom. The molecule has 6 heteroatoms. The molecule has 0 radical (unpaired) electrons. The SMILES string of the molecule is O=C(O)CSCc1cn2ccc(Cl)cc2n1. The van der Waals surface area contributed by atoms with Gasteiger partial charge in [0.15, 0.2) is 0 Å². The Labute approximate surface area is 101 Å². The van der Waals surface area contributed by atoms with Crippen molar-refractivity contribution in [2.45, 2.75) is 5.75 Å². The monoisotopic (exact) mass is 256 g/mol. The summed E-state index contributed by atoms with van der Waals surface area (Å²) in [6.07, 6.45) is 3.70. The van der Waals surface area contributed by atoms with Crippen molar-refractivity contribution in [3.05, 3.63) is 35.2 Å². The van der Waals surface area contributed by atoms with Gasteiger partial charge in [-0.15, -0.1) is 11.8 Å². The molecule has 0 aromatic carbocycles. The summed E-state index contributed by atoms with van der Waals surface area (Å²) in [7, 11) is 0. The van der Waals surface area contributed by atoms with Crippen LogP contribution in [0.1, 0.15) is 5.69 Å². The molecule has 0 fully saturated rings. The molecule has 0 aliphatic heterocycles. The highest BCUT2D eigenvalue weighted by Crippen LogP contribution is 2.15. The number of rotatable bonds is 4. The van der Waals surface area contributed by atoms with Crippen molar-refractivity contribution in [2.75, 3.05) is 5.75 Å². The zero-order chi connectivity index (χ0) is 11.5. The minimum atomic E-state index is -0.809. The molecular formula is C10H9ClN2O2S. The molecule has 0 unspecified atom stereocenters. The molecule has 0 saturated heterocycles. The fourth-order valence-electron chi connectivity index (χ4n) is 1.32. The van der Waals surface area contributed by atoms with Gasteiger partial charge >= 0.3 is 5.97 Å². The smallest absolute Gasteiger partial charge is 0.313 e. The van der Waals surface area contributed by atoms with Crippen LogP contribution in [0, 0.1) is 0 Å². The first-order valence-corrected chi connectivity index (χ1v) is 6.11. The highest BCUT2D eigenvalue weighted by Gasteiger charge is 2.03. The number of carboxylic acids is 1. The van der Waals surface area contributed by atoms with Crippen LogP contribution in [0.3, 0.4) is 0 Å². The van der Waals surface area contributed by atoms with Crippen molar-refractivity contribution in [1.29, 1.82) is 0 Å². The predicted octanol–water partition coefficient (Wildman–Crippen LogP) is 2.31. The largest absolute Gasteiger partial charge is 0.481 e. The number of nitrogens with zero attached hydrogens (tertiary/aromatic N) is 2. The van der Waals surface area contributed by atoms with E-state index in [1.165, 1.54) is 11.8 Å². The lowest BCUT2D eigenvalue weighted by Crippen LogP contribution is -1.98. The summed E-state index contributed by atoms with van der Waals surface area (Å²) in [6, 6.07) is 3.55. The molecule has 2 aromatic rings. The first kappa shape index (κ1) is 11.3. The normalized spacial score (nSPS) is 10.8. The first-order valence-electron chi connectivity index (χ1n) is 4.58. The van der Waals surface area contributed by atoms with Gasteiger partial charge in [-0.25, -0.2) is 4.98 Å². The van der Waals surface area contributed by atoms with Gasteiger partial charge in [0.05, 0.1) is 11.4 Å². The molecule has 2 heterocycles. The lowest BCUT2D eigenvalue weighted by molar-refractivity contribution is -0.133. The van der Waals surface area contributed by atoms with Gasteiger partial charge in [0, 0.05) is 23.2 Å².